The predicted molar refractivity (Wildman–Crippen MR) is 90.5 cm³/mol. The molecule has 0 aliphatic heterocycles. The van der Waals surface area contributed by atoms with E-state index in [1.165, 1.54) is 6.92 Å². The summed E-state index contributed by atoms with van der Waals surface area (Å²) >= 11 is 6.13. The molecule has 0 N–H and O–H groups in total. The molecule has 0 aliphatic carbocycles. The first-order valence-electron chi connectivity index (χ1n) is 6.85. The molecule has 5 nitrogen and oxygen atoms in total. The quantitative estimate of drug-likeness (QED) is 0.842. The molecule has 0 amide bonds. The fourth-order valence-corrected chi connectivity index (χ4v) is 3.88. The second-order valence-electron chi connectivity index (χ2n) is 5.38. The van der Waals surface area contributed by atoms with E-state index in [4.69, 9.17) is 11.6 Å². The average molecular weight is 350 g/mol. The van der Waals surface area contributed by atoms with Gasteiger partial charge in [-0.15, -0.1) is 0 Å². The summed E-state index contributed by atoms with van der Waals surface area (Å²) in [6.45, 7) is 6.82. The molecule has 23 heavy (non-hydrogen) atoms. The van der Waals surface area contributed by atoms with Gasteiger partial charge in [0, 0.05) is 5.56 Å². The van der Waals surface area contributed by atoms with E-state index in [1.54, 1.807) is 32.0 Å². The van der Waals surface area contributed by atoms with Crippen molar-refractivity contribution in [1.29, 1.82) is 5.26 Å². The Hall–Kier alpha value is -2.10. The summed E-state index contributed by atoms with van der Waals surface area (Å²) in [7, 11) is -3.92. The molecule has 0 unspecified atom stereocenters. The number of aryl methyl sites for hydroxylation is 1. The number of imidazole rings is 1. The zero-order valence-electron chi connectivity index (χ0n) is 13.3. The van der Waals surface area contributed by atoms with E-state index in [0.717, 1.165) is 9.54 Å². The highest BCUT2D eigenvalue weighted by atomic mass is 35.5. The van der Waals surface area contributed by atoms with Crippen LogP contribution >= 0.6 is 11.6 Å². The molecule has 0 aliphatic rings. The van der Waals surface area contributed by atoms with E-state index in [2.05, 4.69) is 4.98 Å². The highest BCUT2D eigenvalue weighted by molar-refractivity contribution is 7.93. The van der Waals surface area contributed by atoms with Crippen molar-refractivity contribution in [3.05, 3.63) is 51.3 Å². The third kappa shape index (κ3) is 3.03. The molecular weight excluding hydrogens is 334 g/mol. The number of hydrogen-bond acceptors (Lipinski definition) is 4. The van der Waals surface area contributed by atoms with Crippen LogP contribution in [0.5, 0.6) is 0 Å². The van der Waals surface area contributed by atoms with Crippen LogP contribution in [0.1, 0.15) is 32.2 Å². The Morgan fingerprint density at radius 2 is 1.78 bits per heavy atom. The van der Waals surface area contributed by atoms with Crippen LogP contribution in [-0.4, -0.2) is 17.4 Å². The monoisotopic (exact) mass is 349 g/mol. The zero-order chi connectivity index (χ0) is 17.4. The number of nitriles is 1. The predicted octanol–water partition coefficient (Wildman–Crippen LogP) is 3.88. The molecule has 0 bridgehead atoms. The first-order chi connectivity index (χ1) is 10.7. The van der Waals surface area contributed by atoms with Gasteiger partial charge in [0.1, 0.15) is 11.8 Å². The highest BCUT2D eigenvalue weighted by Gasteiger charge is 2.28. The Kier molecular flexibility index (Phi) is 4.64. The van der Waals surface area contributed by atoms with Crippen molar-refractivity contribution < 1.29 is 8.42 Å². The lowest BCUT2D eigenvalue weighted by molar-refractivity contribution is 0.593. The Labute approximate surface area is 140 Å². The summed E-state index contributed by atoms with van der Waals surface area (Å²) in [5.74, 6) is -0.258. The summed E-state index contributed by atoms with van der Waals surface area (Å²) in [4.78, 5) is 4.06. The van der Waals surface area contributed by atoms with Gasteiger partial charge in [-0.25, -0.2) is 17.4 Å². The van der Waals surface area contributed by atoms with Crippen molar-refractivity contribution in [3.63, 3.8) is 0 Å². The topological polar surface area (TPSA) is 75.8 Å². The molecule has 1 heterocycles. The smallest absolute Gasteiger partial charge is 0.205 e. The maximum absolute atomic E-state index is 12.9. The van der Waals surface area contributed by atoms with Crippen LogP contribution in [0.2, 0.25) is 5.15 Å². The van der Waals surface area contributed by atoms with Crippen LogP contribution in [-0.2, 0) is 10.0 Å². The summed E-state index contributed by atoms with van der Waals surface area (Å²) < 4.78 is 26.7. The first-order valence-corrected chi connectivity index (χ1v) is 8.67. The van der Waals surface area contributed by atoms with Crippen molar-refractivity contribution in [2.75, 3.05) is 0 Å². The highest BCUT2D eigenvalue weighted by Crippen LogP contribution is 2.32. The van der Waals surface area contributed by atoms with Gasteiger partial charge in [-0.2, -0.15) is 5.26 Å². The summed E-state index contributed by atoms with van der Waals surface area (Å²) in [6.07, 6.45) is 0. The third-order valence-corrected chi connectivity index (χ3v) is 5.83. The molecule has 0 radical (unpaired) electrons. The molecule has 0 atom stereocenters. The number of nitrogens with zero attached hydrogens (tertiary/aromatic N) is 3. The van der Waals surface area contributed by atoms with E-state index in [0.29, 0.717) is 11.1 Å². The molecule has 0 fully saturated rings. The number of benzene rings is 1. The van der Waals surface area contributed by atoms with Gasteiger partial charge in [0.2, 0.25) is 5.82 Å². The number of allylic oxidation sites excluding steroid dienone is 2. The van der Waals surface area contributed by atoms with Crippen molar-refractivity contribution in [3.8, 4) is 17.3 Å². The van der Waals surface area contributed by atoms with Gasteiger partial charge in [-0.3, -0.25) is 0 Å². The van der Waals surface area contributed by atoms with Crippen molar-refractivity contribution in [2.45, 2.75) is 27.7 Å². The second-order valence-corrected chi connectivity index (χ2v) is 7.66. The van der Waals surface area contributed by atoms with Gasteiger partial charge in [0.25, 0.3) is 10.0 Å². The Morgan fingerprint density at radius 1 is 1.22 bits per heavy atom. The molecule has 1 aromatic carbocycles. The summed E-state index contributed by atoms with van der Waals surface area (Å²) in [5.41, 5.74) is 2.44. The van der Waals surface area contributed by atoms with Gasteiger partial charge in [0.15, 0.2) is 5.15 Å². The third-order valence-electron chi connectivity index (χ3n) is 3.55. The van der Waals surface area contributed by atoms with Gasteiger partial charge in [-0.1, -0.05) is 47.0 Å². The van der Waals surface area contributed by atoms with Crippen molar-refractivity contribution in [1.82, 2.24) is 8.96 Å². The lowest BCUT2D eigenvalue weighted by atomic mass is 10.1. The number of rotatable bonds is 3. The minimum atomic E-state index is -3.92. The normalized spacial score (nSPS) is 11.1. The van der Waals surface area contributed by atoms with E-state index in [9.17, 15) is 13.7 Å². The van der Waals surface area contributed by atoms with E-state index in [1.807, 2.05) is 19.1 Å². The Morgan fingerprint density at radius 3 is 2.26 bits per heavy atom. The van der Waals surface area contributed by atoms with Crippen LogP contribution in [0.4, 0.5) is 0 Å². The van der Waals surface area contributed by atoms with Gasteiger partial charge in [-0.05, 0) is 27.7 Å². The van der Waals surface area contributed by atoms with E-state index >= 15 is 0 Å². The van der Waals surface area contributed by atoms with Crippen LogP contribution in [0, 0.1) is 18.3 Å². The lowest BCUT2D eigenvalue weighted by Gasteiger charge is -2.12. The van der Waals surface area contributed by atoms with Gasteiger partial charge >= 0.3 is 0 Å². The minimum Gasteiger partial charge on any atom is -0.205 e. The fraction of sp³-hybridized carbons (Fsp3) is 0.250. The Bertz CT molecular complexity index is 929. The molecule has 0 saturated heterocycles. The number of hydrogen-bond donors (Lipinski definition) is 0. The average Bonchev–Trinajstić information content (AvgIpc) is 2.84. The molecule has 2 aromatic rings. The molecule has 120 valence electrons. The summed E-state index contributed by atoms with van der Waals surface area (Å²) in [5, 5.41) is 9.24. The van der Waals surface area contributed by atoms with Gasteiger partial charge < -0.3 is 0 Å². The van der Waals surface area contributed by atoms with Crippen LogP contribution in [0.15, 0.2) is 34.7 Å². The van der Waals surface area contributed by atoms with Crippen LogP contribution < -0.4 is 0 Å². The maximum atomic E-state index is 12.9. The lowest BCUT2D eigenvalue weighted by Crippen LogP contribution is -2.17. The molecule has 0 saturated carbocycles. The molecule has 7 heteroatoms. The summed E-state index contributed by atoms with van der Waals surface area (Å²) in [6, 6.07) is 9.00. The number of halogens is 1. The standard InChI is InChI=1S/C16H16ClN3O2S/c1-10(2)12(4)23(21,22)20-14(9-18)19-16(17)15(20)13-7-5-11(3)6-8-13/h5-8H,1-4H3. The number of aromatic nitrogens is 2. The molecule has 0 spiro atoms. The minimum absolute atomic E-state index is 0.0180. The SMILES string of the molecule is CC(C)=C(C)S(=O)(=O)n1c(C#N)nc(Cl)c1-c1ccc(C)cc1. The van der Waals surface area contributed by atoms with Crippen LogP contribution in [0.25, 0.3) is 11.3 Å². The fourth-order valence-electron chi connectivity index (χ4n) is 2.03. The van der Waals surface area contributed by atoms with E-state index < -0.39 is 10.0 Å². The van der Waals surface area contributed by atoms with Crippen molar-refractivity contribution in [2.24, 2.45) is 0 Å². The first kappa shape index (κ1) is 17.3. The second kappa shape index (κ2) is 6.19. The molecule has 1 aromatic heterocycles. The largest absolute Gasteiger partial charge is 0.266 e. The van der Waals surface area contributed by atoms with Gasteiger partial charge in [0.05, 0.1) is 4.91 Å². The van der Waals surface area contributed by atoms with Crippen molar-refractivity contribution >= 4 is 21.6 Å². The Balaban J connectivity index is 2.87. The molecule has 2 rings (SSSR count). The van der Waals surface area contributed by atoms with Crippen LogP contribution in [0.3, 0.4) is 0 Å². The van der Waals surface area contributed by atoms with E-state index in [-0.39, 0.29) is 21.6 Å². The molecular formula is C16H16ClN3O2S. The zero-order valence-corrected chi connectivity index (χ0v) is 14.8. The maximum Gasteiger partial charge on any atom is 0.266 e.